The van der Waals surface area contributed by atoms with Gasteiger partial charge in [-0.3, -0.25) is 4.90 Å². The van der Waals surface area contributed by atoms with Gasteiger partial charge in [0.2, 0.25) is 0 Å². The Morgan fingerprint density at radius 3 is 2.63 bits per heavy atom. The molecule has 0 atom stereocenters. The predicted molar refractivity (Wildman–Crippen MR) is 123 cm³/mol. The average molecular weight is 515 g/mol. The Balaban J connectivity index is 1.46. The van der Waals surface area contributed by atoms with E-state index in [1.54, 1.807) is 29.2 Å². The molecule has 0 saturated carbocycles. The van der Waals surface area contributed by atoms with Crippen molar-refractivity contribution >= 4 is 51.8 Å². The fourth-order valence-electron chi connectivity index (χ4n) is 3.00. The number of halogens is 1. The van der Waals surface area contributed by atoms with Gasteiger partial charge >= 0.3 is 12.1 Å². The Bertz CT molecular complexity index is 1080. The molecule has 1 aliphatic heterocycles. The normalized spacial score (nSPS) is 13.4. The molecule has 0 bridgehead atoms. The zero-order chi connectivity index (χ0) is 21.1. The number of rotatable bonds is 4. The Hall–Kier alpha value is -3.34. The smallest absolute Gasteiger partial charge is 0.332 e. The Morgan fingerprint density at radius 1 is 1.10 bits per heavy atom. The van der Waals surface area contributed by atoms with Gasteiger partial charge in [-0.05, 0) is 59.0 Å². The first-order valence-corrected chi connectivity index (χ1v) is 10.2. The number of amides is 4. The molecular formula is C21H18IN5O3. The van der Waals surface area contributed by atoms with Crippen LogP contribution in [0.2, 0.25) is 0 Å². The maximum Gasteiger partial charge on any atom is 0.332 e. The molecule has 1 aliphatic rings. The molecule has 8 nitrogen and oxygen atoms in total. The van der Waals surface area contributed by atoms with Gasteiger partial charge in [0.25, 0.3) is 0 Å². The molecule has 9 heteroatoms. The summed E-state index contributed by atoms with van der Waals surface area (Å²) >= 11 is 2.14. The van der Waals surface area contributed by atoms with Gasteiger partial charge in [-0.25, -0.2) is 19.5 Å². The van der Waals surface area contributed by atoms with E-state index >= 15 is 0 Å². The topological polar surface area (TPSA) is 101 Å². The molecule has 0 aliphatic carbocycles. The van der Waals surface area contributed by atoms with E-state index in [1.807, 2.05) is 36.4 Å². The van der Waals surface area contributed by atoms with Gasteiger partial charge in [0.05, 0.1) is 16.3 Å². The number of nitrogens with two attached hydrogens (primary N) is 1. The number of para-hydroxylation sites is 1. The summed E-state index contributed by atoms with van der Waals surface area (Å²) in [7, 11) is 0. The van der Waals surface area contributed by atoms with Crippen molar-refractivity contribution in [2.24, 2.45) is 0 Å². The predicted octanol–water partition coefficient (Wildman–Crippen LogP) is 4.53. The van der Waals surface area contributed by atoms with Crippen molar-refractivity contribution in [2.75, 3.05) is 29.0 Å². The average Bonchev–Trinajstić information content (AvgIpc) is 3.14. The Kier molecular flexibility index (Phi) is 5.70. The summed E-state index contributed by atoms with van der Waals surface area (Å²) in [5.74, 6) is 1.48. The maximum absolute atomic E-state index is 12.7. The SMILES string of the molecule is Nc1ccc(Oc2cc(NC(=O)N3CCN(c4ccccc4)C3=O)ccc2I)cn1. The van der Waals surface area contributed by atoms with E-state index in [2.05, 4.69) is 32.9 Å². The van der Waals surface area contributed by atoms with E-state index in [0.717, 1.165) is 9.26 Å². The summed E-state index contributed by atoms with van der Waals surface area (Å²) in [6.45, 7) is 0.756. The minimum absolute atomic E-state index is 0.310. The highest BCUT2D eigenvalue weighted by molar-refractivity contribution is 14.1. The minimum Gasteiger partial charge on any atom is -0.455 e. The van der Waals surface area contributed by atoms with Crippen LogP contribution in [-0.2, 0) is 0 Å². The number of ether oxygens (including phenoxy) is 1. The third kappa shape index (κ3) is 4.30. The molecular weight excluding hydrogens is 497 g/mol. The van der Waals surface area contributed by atoms with Crippen molar-refractivity contribution in [3.63, 3.8) is 0 Å². The first-order chi connectivity index (χ1) is 14.5. The van der Waals surface area contributed by atoms with Crippen molar-refractivity contribution in [1.82, 2.24) is 9.88 Å². The van der Waals surface area contributed by atoms with Crippen LogP contribution >= 0.6 is 22.6 Å². The Labute approximate surface area is 186 Å². The molecule has 4 amide bonds. The van der Waals surface area contributed by atoms with Gasteiger partial charge in [0, 0.05) is 24.0 Å². The van der Waals surface area contributed by atoms with E-state index < -0.39 is 6.03 Å². The van der Waals surface area contributed by atoms with Crippen LogP contribution in [0.1, 0.15) is 0 Å². The second kappa shape index (κ2) is 8.57. The zero-order valence-corrected chi connectivity index (χ0v) is 17.9. The van der Waals surface area contributed by atoms with Gasteiger partial charge in [0.15, 0.2) is 0 Å². The van der Waals surface area contributed by atoms with E-state index in [4.69, 9.17) is 10.5 Å². The number of nitrogens with zero attached hydrogens (tertiary/aromatic N) is 3. The van der Waals surface area contributed by atoms with Crippen molar-refractivity contribution in [3.05, 3.63) is 70.4 Å². The second-order valence-corrected chi connectivity index (χ2v) is 7.68. The number of hydrogen-bond donors (Lipinski definition) is 2. The fourth-order valence-corrected chi connectivity index (χ4v) is 3.45. The minimum atomic E-state index is -0.486. The highest BCUT2D eigenvalue weighted by atomic mass is 127. The molecule has 2 heterocycles. The number of anilines is 3. The summed E-state index contributed by atoms with van der Waals surface area (Å²) < 4.78 is 6.70. The number of carbonyl (C=O) groups is 2. The lowest BCUT2D eigenvalue weighted by molar-refractivity contribution is 0.209. The maximum atomic E-state index is 12.7. The van der Waals surface area contributed by atoms with Crippen LogP contribution < -0.4 is 20.7 Å². The molecule has 1 aromatic heterocycles. The molecule has 0 radical (unpaired) electrons. The number of hydrogen-bond acceptors (Lipinski definition) is 5. The molecule has 3 aromatic rings. The first kappa shape index (κ1) is 20.0. The highest BCUT2D eigenvalue weighted by Gasteiger charge is 2.34. The van der Waals surface area contributed by atoms with Crippen LogP contribution in [-0.4, -0.2) is 35.0 Å². The third-order valence-electron chi connectivity index (χ3n) is 4.49. The standard InChI is InChI=1S/C21H18IN5O3/c22-17-8-6-14(12-18(17)30-16-7-9-19(23)24-13-16)25-20(28)27-11-10-26(21(27)29)15-4-2-1-3-5-15/h1-9,12-13H,10-11H2,(H2,23,24)(H,25,28). The number of nitrogens with one attached hydrogen (secondary N) is 1. The number of carbonyl (C=O) groups excluding carboxylic acids is 2. The van der Waals surface area contributed by atoms with E-state index in [9.17, 15) is 9.59 Å². The van der Waals surface area contributed by atoms with Crippen molar-refractivity contribution < 1.29 is 14.3 Å². The summed E-state index contributed by atoms with van der Waals surface area (Å²) in [6, 6.07) is 17.1. The number of imide groups is 1. The van der Waals surface area contributed by atoms with Crippen LogP contribution in [0.15, 0.2) is 66.9 Å². The van der Waals surface area contributed by atoms with Crippen molar-refractivity contribution in [2.45, 2.75) is 0 Å². The zero-order valence-electron chi connectivity index (χ0n) is 15.8. The summed E-state index contributed by atoms with van der Waals surface area (Å²) in [5, 5.41) is 2.77. The first-order valence-electron chi connectivity index (χ1n) is 9.15. The lowest BCUT2D eigenvalue weighted by atomic mass is 10.3. The molecule has 0 spiro atoms. The molecule has 2 aromatic carbocycles. The lowest BCUT2D eigenvalue weighted by Crippen LogP contribution is -2.39. The van der Waals surface area contributed by atoms with Gasteiger partial charge < -0.3 is 15.8 Å². The number of pyridine rings is 1. The van der Waals surface area contributed by atoms with Crippen LogP contribution in [0, 0.1) is 3.57 Å². The van der Waals surface area contributed by atoms with Gasteiger partial charge in [-0.15, -0.1) is 0 Å². The largest absolute Gasteiger partial charge is 0.455 e. The number of urea groups is 2. The van der Waals surface area contributed by atoms with Gasteiger partial charge in [-0.1, -0.05) is 18.2 Å². The van der Waals surface area contributed by atoms with Crippen LogP contribution in [0.25, 0.3) is 0 Å². The molecule has 0 unspecified atom stereocenters. The summed E-state index contributed by atoms with van der Waals surface area (Å²) in [4.78, 5) is 32.1. The molecule has 3 N–H and O–H groups in total. The number of aromatic nitrogens is 1. The monoisotopic (exact) mass is 515 g/mol. The number of benzene rings is 2. The van der Waals surface area contributed by atoms with Gasteiger partial charge in [0.1, 0.15) is 17.3 Å². The summed E-state index contributed by atoms with van der Waals surface area (Å²) in [6.07, 6.45) is 1.53. The van der Waals surface area contributed by atoms with Crippen LogP contribution in [0.3, 0.4) is 0 Å². The number of nitrogen functional groups attached to an aromatic ring is 1. The van der Waals surface area contributed by atoms with E-state index in [0.29, 0.717) is 36.1 Å². The quantitative estimate of drug-likeness (QED) is 0.498. The molecule has 152 valence electrons. The van der Waals surface area contributed by atoms with Gasteiger partial charge in [-0.2, -0.15) is 0 Å². The second-order valence-electron chi connectivity index (χ2n) is 6.52. The molecule has 1 fully saturated rings. The molecule has 1 saturated heterocycles. The lowest BCUT2D eigenvalue weighted by Gasteiger charge is -2.18. The summed E-state index contributed by atoms with van der Waals surface area (Å²) in [5.41, 5.74) is 6.88. The highest BCUT2D eigenvalue weighted by Crippen LogP contribution is 2.30. The third-order valence-corrected chi connectivity index (χ3v) is 5.38. The van der Waals surface area contributed by atoms with Crippen LogP contribution in [0.4, 0.5) is 26.8 Å². The molecule has 30 heavy (non-hydrogen) atoms. The van der Waals surface area contributed by atoms with E-state index in [1.165, 1.54) is 11.1 Å². The van der Waals surface area contributed by atoms with Crippen molar-refractivity contribution in [3.8, 4) is 11.5 Å². The molecule has 4 rings (SSSR count). The van der Waals surface area contributed by atoms with Crippen LogP contribution in [0.5, 0.6) is 11.5 Å². The van der Waals surface area contributed by atoms with E-state index in [-0.39, 0.29) is 6.03 Å². The van der Waals surface area contributed by atoms with Crippen molar-refractivity contribution in [1.29, 1.82) is 0 Å². The Morgan fingerprint density at radius 2 is 1.90 bits per heavy atom. The fraction of sp³-hybridized carbons (Fsp3) is 0.0952.